The molecule has 1 N–H and O–H groups in total. The van der Waals surface area contributed by atoms with E-state index in [0.29, 0.717) is 25.2 Å². The van der Waals surface area contributed by atoms with Crippen LogP contribution in [0, 0.1) is 0 Å². The lowest BCUT2D eigenvalue weighted by Crippen LogP contribution is -2.37. The number of carbonyl (C=O) groups is 1. The van der Waals surface area contributed by atoms with Gasteiger partial charge in [0.25, 0.3) is 0 Å². The van der Waals surface area contributed by atoms with E-state index in [1.54, 1.807) is 12.2 Å². The molecular formula is C23H32O4. The molecule has 0 saturated heterocycles. The first kappa shape index (κ1) is 21.4. The van der Waals surface area contributed by atoms with Crippen molar-refractivity contribution in [3.05, 3.63) is 53.6 Å². The second-order valence-electron chi connectivity index (χ2n) is 7.00. The first-order valence-electron chi connectivity index (χ1n) is 10.1. The third-order valence-electron chi connectivity index (χ3n) is 4.79. The van der Waals surface area contributed by atoms with Gasteiger partial charge in [0.05, 0.1) is 18.8 Å². The Morgan fingerprint density at radius 3 is 2.30 bits per heavy atom. The molecule has 1 aliphatic carbocycles. The molecule has 0 radical (unpaired) electrons. The molecular weight excluding hydrogens is 340 g/mol. The van der Waals surface area contributed by atoms with Gasteiger partial charge in [-0.15, -0.1) is 0 Å². The predicted octanol–water partition coefficient (Wildman–Crippen LogP) is 5.59. The van der Waals surface area contributed by atoms with Crippen LogP contribution in [-0.2, 0) is 14.3 Å². The van der Waals surface area contributed by atoms with Crippen LogP contribution in [0.1, 0.15) is 64.4 Å². The van der Waals surface area contributed by atoms with Gasteiger partial charge in [-0.05, 0) is 36.1 Å². The summed E-state index contributed by atoms with van der Waals surface area (Å²) in [5.74, 6) is -1.80. The highest BCUT2D eigenvalue weighted by atomic mass is 16.7. The lowest BCUT2D eigenvalue weighted by molar-refractivity contribution is -0.202. The quantitative estimate of drug-likeness (QED) is 0.383. The van der Waals surface area contributed by atoms with Gasteiger partial charge in [-0.25, -0.2) is 4.79 Å². The Morgan fingerprint density at radius 1 is 1.00 bits per heavy atom. The van der Waals surface area contributed by atoms with Crippen LogP contribution >= 0.6 is 0 Å². The summed E-state index contributed by atoms with van der Waals surface area (Å²) in [6, 6.07) is 9.65. The van der Waals surface area contributed by atoms with Crippen molar-refractivity contribution in [3.8, 4) is 0 Å². The highest BCUT2D eigenvalue weighted by Crippen LogP contribution is 2.37. The lowest BCUT2D eigenvalue weighted by Gasteiger charge is -2.35. The fourth-order valence-corrected chi connectivity index (χ4v) is 3.21. The molecule has 148 valence electrons. The topological polar surface area (TPSA) is 55.8 Å². The van der Waals surface area contributed by atoms with Gasteiger partial charge >= 0.3 is 5.97 Å². The first-order chi connectivity index (χ1) is 13.1. The van der Waals surface area contributed by atoms with E-state index >= 15 is 0 Å². The van der Waals surface area contributed by atoms with Crippen LogP contribution in [0.4, 0.5) is 0 Å². The number of ether oxygens (including phenoxy) is 2. The normalized spacial score (nSPS) is 19.5. The van der Waals surface area contributed by atoms with Gasteiger partial charge in [-0.2, -0.15) is 0 Å². The zero-order chi connectivity index (χ0) is 19.5. The van der Waals surface area contributed by atoms with E-state index in [-0.39, 0.29) is 0 Å². The third kappa shape index (κ3) is 6.33. The highest BCUT2D eigenvalue weighted by molar-refractivity contribution is 6.00. The fraction of sp³-hybridized carbons (Fsp3) is 0.522. The molecule has 0 aromatic heterocycles. The monoisotopic (exact) mass is 372 g/mol. The highest BCUT2D eigenvalue weighted by Gasteiger charge is 2.35. The van der Waals surface area contributed by atoms with E-state index in [4.69, 9.17) is 9.47 Å². The third-order valence-corrected chi connectivity index (χ3v) is 4.79. The molecule has 2 rings (SSSR count). The molecule has 1 aliphatic rings. The van der Waals surface area contributed by atoms with E-state index in [2.05, 4.69) is 13.8 Å². The largest absolute Gasteiger partial charge is 0.478 e. The zero-order valence-electron chi connectivity index (χ0n) is 16.6. The lowest BCUT2D eigenvalue weighted by atomic mass is 9.88. The van der Waals surface area contributed by atoms with Crippen LogP contribution in [0.25, 0.3) is 5.57 Å². The number of hydrogen-bond acceptors (Lipinski definition) is 3. The molecule has 1 atom stereocenters. The maximum Gasteiger partial charge on any atom is 0.335 e. The Labute approximate surface area is 162 Å². The average molecular weight is 373 g/mol. The SMILES string of the molecule is CCCCCCOC1(OCCCC)C=CC(C(=O)O)=C(c2ccccc2)C1. The fourth-order valence-electron chi connectivity index (χ4n) is 3.21. The number of rotatable bonds is 12. The van der Waals surface area contributed by atoms with Gasteiger partial charge < -0.3 is 14.6 Å². The Bertz CT molecular complexity index is 648. The molecule has 0 aliphatic heterocycles. The molecule has 0 saturated carbocycles. The summed E-state index contributed by atoms with van der Waals surface area (Å²) in [7, 11) is 0. The van der Waals surface area contributed by atoms with Gasteiger partial charge in [-0.3, -0.25) is 0 Å². The van der Waals surface area contributed by atoms with Crippen molar-refractivity contribution in [2.75, 3.05) is 13.2 Å². The molecule has 0 bridgehead atoms. The summed E-state index contributed by atoms with van der Waals surface area (Å²) in [5, 5.41) is 9.64. The van der Waals surface area contributed by atoms with Crippen molar-refractivity contribution in [1.29, 1.82) is 0 Å². The van der Waals surface area contributed by atoms with Crippen LogP contribution in [0.5, 0.6) is 0 Å². The predicted molar refractivity (Wildman–Crippen MR) is 108 cm³/mol. The molecule has 4 nitrogen and oxygen atoms in total. The minimum Gasteiger partial charge on any atom is -0.478 e. The summed E-state index contributed by atoms with van der Waals surface area (Å²) < 4.78 is 12.4. The molecule has 0 spiro atoms. The van der Waals surface area contributed by atoms with E-state index in [9.17, 15) is 9.90 Å². The van der Waals surface area contributed by atoms with Crippen LogP contribution in [0.3, 0.4) is 0 Å². The molecule has 0 fully saturated rings. The number of unbranched alkanes of at least 4 members (excludes halogenated alkanes) is 4. The number of hydrogen-bond donors (Lipinski definition) is 1. The van der Waals surface area contributed by atoms with E-state index < -0.39 is 11.8 Å². The molecule has 1 aromatic rings. The number of carboxylic acids is 1. The van der Waals surface area contributed by atoms with E-state index in [1.165, 1.54) is 12.8 Å². The average Bonchev–Trinajstić information content (AvgIpc) is 2.68. The molecule has 0 amide bonds. The van der Waals surface area contributed by atoms with Gasteiger partial charge in [-0.1, -0.05) is 69.9 Å². The van der Waals surface area contributed by atoms with Gasteiger partial charge in [0.2, 0.25) is 0 Å². The van der Waals surface area contributed by atoms with Crippen molar-refractivity contribution in [2.45, 2.75) is 64.6 Å². The van der Waals surface area contributed by atoms with Crippen molar-refractivity contribution in [2.24, 2.45) is 0 Å². The summed E-state index contributed by atoms with van der Waals surface area (Å²) in [4.78, 5) is 11.8. The van der Waals surface area contributed by atoms with Crippen LogP contribution in [0.15, 0.2) is 48.1 Å². The van der Waals surface area contributed by atoms with E-state index in [1.807, 2.05) is 30.3 Å². The number of carboxylic acid groups (broad SMARTS) is 1. The molecule has 0 heterocycles. The Morgan fingerprint density at radius 2 is 1.67 bits per heavy atom. The number of aliphatic carboxylic acids is 1. The molecule has 1 unspecified atom stereocenters. The minimum absolute atomic E-state index is 0.311. The van der Waals surface area contributed by atoms with Crippen molar-refractivity contribution in [1.82, 2.24) is 0 Å². The molecule has 4 heteroatoms. The van der Waals surface area contributed by atoms with Crippen molar-refractivity contribution < 1.29 is 19.4 Å². The molecule has 1 aromatic carbocycles. The maximum absolute atomic E-state index is 11.8. The maximum atomic E-state index is 11.8. The van der Waals surface area contributed by atoms with Crippen molar-refractivity contribution >= 4 is 11.5 Å². The van der Waals surface area contributed by atoms with Gasteiger partial charge in [0.15, 0.2) is 5.79 Å². The number of benzene rings is 1. The summed E-state index contributed by atoms with van der Waals surface area (Å²) >= 11 is 0. The summed E-state index contributed by atoms with van der Waals surface area (Å²) in [6.07, 6.45) is 10.3. The summed E-state index contributed by atoms with van der Waals surface area (Å²) in [6.45, 7) is 5.52. The van der Waals surface area contributed by atoms with Crippen molar-refractivity contribution in [3.63, 3.8) is 0 Å². The van der Waals surface area contributed by atoms with E-state index in [0.717, 1.165) is 36.8 Å². The first-order valence-corrected chi connectivity index (χ1v) is 10.1. The minimum atomic E-state index is -0.921. The Hall–Kier alpha value is -1.91. The van der Waals surface area contributed by atoms with Crippen LogP contribution < -0.4 is 0 Å². The smallest absolute Gasteiger partial charge is 0.335 e. The van der Waals surface area contributed by atoms with Crippen LogP contribution in [-0.4, -0.2) is 30.1 Å². The second-order valence-corrected chi connectivity index (χ2v) is 7.00. The standard InChI is InChI=1S/C23H32O4/c1-3-5-7-11-17-27-23(26-16-6-4-2)15-14-20(22(24)25)21(18-23)19-12-9-8-10-13-19/h8-10,12-15H,3-7,11,16-18H2,1-2H3,(H,24,25). The van der Waals surface area contributed by atoms with Crippen LogP contribution in [0.2, 0.25) is 0 Å². The zero-order valence-corrected chi connectivity index (χ0v) is 16.6. The Balaban J connectivity index is 2.21. The second kappa shape index (κ2) is 11.1. The van der Waals surface area contributed by atoms with Gasteiger partial charge in [0.1, 0.15) is 0 Å². The summed E-state index contributed by atoms with van der Waals surface area (Å²) in [5.41, 5.74) is 1.97. The molecule has 27 heavy (non-hydrogen) atoms. The Kier molecular flexibility index (Phi) is 8.76. The van der Waals surface area contributed by atoms with Gasteiger partial charge in [0, 0.05) is 6.42 Å².